The summed E-state index contributed by atoms with van der Waals surface area (Å²) in [6, 6.07) is 3.53. The lowest BCUT2D eigenvalue weighted by atomic mass is 10.1. The van der Waals surface area contributed by atoms with Crippen molar-refractivity contribution in [3.8, 4) is 11.4 Å². The Morgan fingerprint density at radius 3 is 2.64 bits per heavy atom. The van der Waals surface area contributed by atoms with E-state index in [4.69, 9.17) is 4.84 Å². The highest BCUT2D eigenvalue weighted by Crippen LogP contribution is 2.28. The van der Waals surface area contributed by atoms with E-state index < -0.39 is 11.6 Å². The quantitative estimate of drug-likeness (QED) is 0.801. The van der Waals surface area contributed by atoms with Crippen molar-refractivity contribution in [1.82, 2.24) is 20.2 Å². The topological polar surface area (TPSA) is 79.4 Å². The molecule has 130 valence electrons. The molecule has 0 bridgehead atoms. The lowest BCUT2D eigenvalue weighted by Crippen LogP contribution is -2.39. The minimum atomic E-state index is -0.773. The first-order chi connectivity index (χ1) is 12.1. The third-order valence-electron chi connectivity index (χ3n) is 4.18. The average Bonchev–Trinajstić information content (AvgIpc) is 2.91. The molecule has 2 aromatic rings. The molecule has 0 unspecified atom stereocenters. The summed E-state index contributed by atoms with van der Waals surface area (Å²) >= 11 is 0. The first kappa shape index (κ1) is 15.9. The second-order valence-corrected chi connectivity index (χ2v) is 5.84. The number of nitrogens with zero attached hydrogens (tertiary/aromatic N) is 3. The molecular weight excluding hydrogens is 332 g/mol. The highest BCUT2D eigenvalue weighted by molar-refractivity contribution is 6.02. The first-order valence-electron chi connectivity index (χ1n) is 7.87. The zero-order valence-electron chi connectivity index (χ0n) is 13.2. The van der Waals surface area contributed by atoms with Gasteiger partial charge < -0.3 is 5.32 Å². The number of likely N-dealkylation sites (tertiary alicyclic amines) is 1. The molecule has 0 radical (unpaired) electrons. The van der Waals surface area contributed by atoms with Crippen molar-refractivity contribution in [3.05, 3.63) is 41.1 Å². The monoisotopic (exact) mass is 347 g/mol. The molecular formula is C16H15F2N5O2. The number of halogens is 2. The maximum Gasteiger partial charge on any atom is 0.257 e. The molecule has 0 saturated carbocycles. The lowest BCUT2D eigenvalue weighted by molar-refractivity contribution is 0.0228. The lowest BCUT2D eigenvalue weighted by Gasteiger charge is -2.29. The van der Waals surface area contributed by atoms with Gasteiger partial charge in [0.1, 0.15) is 23.9 Å². The van der Waals surface area contributed by atoms with E-state index in [1.54, 1.807) is 0 Å². The van der Waals surface area contributed by atoms with Crippen molar-refractivity contribution < 1.29 is 18.4 Å². The highest BCUT2D eigenvalue weighted by Gasteiger charge is 2.28. The first-order valence-corrected chi connectivity index (χ1v) is 7.87. The van der Waals surface area contributed by atoms with Crippen LogP contribution in [-0.4, -0.2) is 40.6 Å². The van der Waals surface area contributed by atoms with E-state index >= 15 is 0 Å². The molecule has 1 amide bonds. The average molecular weight is 347 g/mol. The summed E-state index contributed by atoms with van der Waals surface area (Å²) in [5.74, 6) is -1.95. The summed E-state index contributed by atoms with van der Waals surface area (Å²) in [5, 5.41) is 2.62. The van der Waals surface area contributed by atoms with Gasteiger partial charge >= 0.3 is 0 Å². The second-order valence-electron chi connectivity index (χ2n) is 5.84. The van der Waals surface area contributed by atoms with Gasteiger partial charge in [-0.3, -0.25) is 14.5 Å². The summed E-state index contributed by atoms with van der Waals surface area (Å²) in [6.07, 6.45) is 1.12. The number of benzene rings is 1. The smallest absolute Gasteiger partial charge is 0.257 e. The van der Waals surface area contributed by atoms with Crippen LogP contribution in [0.2, 0.25) is 0 Å². The number of carbonyl (C=O) groups excluding carboxylic acids is 1. The molecule has 2 N–H and O–H groups in total. The molecule has 3 heterocycles. The van der Waals surface area contributed by atoms with Crippen LogP contribution in [0, 0.1) is 11.6 Å². The Kier molecular flexibility index (Phi) is 4.02. The van der Waals surface area contributed by atoms with Gasteiger partial charge in [0.15, 0.2) is 11.6 Å². The fourth-order valence-electron chi connectivity index (χ4n) is 2.73. The third kappa shape index (κ3) is 2.92. The second kappa shape index (κ2) is 6.34. The van der Waals surface area contributed by atoms with Crippen molar-refractivity contribution in [2.24, 2.45) is 0 Å². The zero-order chi connectivity index (χ0) is 17.4. The van der Waals surface area contributed by atoms with Crippen LogP contribution < -0.4 is 10.8 Å². The Labute approximate surface area is 142 Å². The van der Waals surface area contributed by atoms with Gasteiger partial charge in [-0.1, -0.05) is 6.07 Å². The normalized spacial score (nSPS) is 16.3. The Balaban J connectivity index is 1.69. The number of rotatable bonds is 5. The van der Waals surface area contributed by atoms with Gasteiger partial charge in [-0.05, 0) is 18.6 Å². The van der Waals surface area contributed by atoms with Crippen molar-refractivity contribution in [2.45, 2.75) is 13.0 Å². The summed E-state index contributed by atoms with van der Waals surface area (Å²) in [7, 11) is 0. The van der Waals surface area contributed by atoms with E-state index in [0.717, 1.165) is 31.6 Å². The number of fused-ring (bicyclic) bond motifs is 1. The fraction of sp³-hybridized carbons (Fsp3) is 0.312. The summed E-state index contributed by atoms with van der Waals surface area (Å²) in [6.45, 7) is 2.37. The van der Waals surface area contributed by atoms with Gasteiger partial charge in [-0.15, -0.1) is 0 Å². The minimum Gasteiger partial charge on any atom is -0.346 e. The van der Waals surface area contributed by atoms with Gasteiger partial charge in [0.25, 0.3) is 5.91 Å². The predicted molar refractivity (Wildman–Crippen MR) is 84.3 cm³/mol. The van der Waals surface area contributed by atoms with Crippen LogP contribution in [0.1, 0.15) is 22.5 Å². The molecule has 25 heavy (non-hydrogen) atoms. The highest BCUT2D eigenvalue weighted by atomic mass is 19.1. The molecule has 2 aliphatic rings. The number of hydrogen-bond donors (Lipinski definition) is 2. The Hall–Kier alpha value is -2.65. The SMILES string of the molecule is O=C1NCc2nc(-c3c(F)cccc3F)nc(NOCN3CCC3)c21. The van der Waals surface area contributed by atoms with E-state index in [-0.39, 0.29) is 35.2 Å². The third-order valence-corrected chi connectivity index (χ3v) is 4.18. The van der Waals surface area contributed by atoms with Crippen molar-refractivity contribution in [3.63, 3.8) is 0 Å². The van der Waals surface area contributed by atoms with Gasteiger partial charge in [0.05, 0.1) is 17.8 Å². The molecule has 0 aliphatic carbocycles. The molecule has 7 nitrogen and oxygen atoms in total. The van der Waals surface area contributed by atoms with Crippen LogP contribution in [0.3, 0.4) is 0 Å². The summed E-state index contributed by atoms with van der Waals surface area (Å²) < 4.78 is 28.1. The Morgan fingerprint density at radius 1 is 1.20 bits per heavy atom. The van der Waals surface area contributed by atoms with E-state index in [2.05, 4.69) is 20.8 Å². The molecule has 0 spiro atoms. The van der Waals surface area contributed by atoms with Gasteiger partial charge in [-0.25, -0.2) is 24.2 Å². The molecule has 1 saturated heterocycles. The number of anilines is 1. The number of aromatic nitrogens is 2. The van der Waals surface area contributed by atoms with Gasteiger partial charge in [-0.2, -0.15) is 0 Å². The van der Waals surface area contributed by atoms with Crippen LogP contribution in [0.25, 0.3) is 11.4 Å². The van der Waals surface area contributed by atoms with E-state index in [9.17, 15) is 13.6 Å². The number of hydrogen-bond acceptors (Lipinski definition) is 6. The molecule has 4 rings (SSSR count). The molecule has 1 aromatic carbocycles. The summed E-state index contributed by atoms with van der Waals surface area (Å²) in [5.41, 5.74) is 2.88. The van der Waals surface area contributed by atoms with Gasteiger partial charge in [0, 0.05) is 13.1 Å². The Bertz CT molecular complexity index is 821. The largest absolute Gasteiger partial charge is 0.346 e. The molecule has 1 fully saturated rings. The molecule has 2 aliphatic heterocycles. The molecule has 0 atom stereocenters. The fourth-order valence-corrected chi connectivity index (χ4v) is 2.73. The Morgan fingerprint density at radius 2 is 1.96 bits per heavy atom. The predicted octanol–water partition coefficient (Wildman–Crippen LogP) is 1.67. The van der Waals surface area contributed by atoms with E-state index in [0.29, 0.717) is 12.4 Å². The van der Waals surface area contributed by atoms with E-state index in [1.165, 1.54) is 6.07 Å². The van der Waals surface area contributed by atoms with Crippen LogP contribution in [0.5, 0.6) is 0 Å². The molecule has 9 heteroatoms. The van der Waals surface area contributed by atoms with Crippen molar-refractivity contribution in [2.75, 3.05) is 25.3 Å². The standard InChI is InChI=1S/C16H15F2N5O2/c17-9-3-1-4-10(18)12(9)14-20-11-7-19-16(24)13(11)15(21-14)22-25-8-23-5-2-6-23/h1,3-4H,2,5-8H2,(H,19,24)(H,20,21,22). The summed E-state index contributed by atoms with van der Waals surface area (Å²) in [4.78, 5) is 27.7. The number of nitrogens with one attached hydrogen (secondary N) is 2. The zero-order valence-corrected chi connectivity index (χ0v) is 13.2. The van der Waals surface area contributed by atoms with Crippen molar-refractivity contribution in [1.29, 1.82) is 0 Å². The number of carbonyl (C=O) groups is 1. The maximum absolute atomic E-state index is 14.0. The van der Waals surface area contributed by atoms with Crippen LogP contribution in [-0.2, 0) is 11.4 Å². The number of amides is 1. The molecule has 1 aromatic heterocycles. The van der Waals surface area contributed by atoms with E-state index in [1.807, 2.05) is 4.90 Å². The minimum absolute atomic E-state index is 0.0955. The van der Waals surface area contributed by atoms with Crippen LogP contribution in [0.4, 0.5) is 14.6 Å². The van der Waals surface area contributed by atoms with Crippen molar-refractivity contribution >= 4 is 11.7 Å². The maximum atomic E-state index is 14.0. The van der Waals surface area contributed by atoms with Crippen LogP contribution in [0.15, 0.2) is 18.2 Å². The van der Waals surface area contributed by atoms with Gasteiger partial charge in [0.2, 0.25) is 0 Å². The van der Waals surface area contributed by atoms with Crippen LogP contribution >= 0.6 is 0 Å².